The first-order valence-electron chi connectivity index (χ1n) is 10.3. The van der Waals surface area contributed by atoms with Crippen LogP contribution in [0.25, 0.3) is 5.65 Å². The van der Waals surface area contributed by atoms with Gasteiger partial charge in [0.05, 0.1) is 13.2 Å². The van der Waals surface area contributed by atoms with Crippen LogP contribution >= 0.6 is 0 Å². The Bertz CT molecular complexity index is 1030. The van der Waals surface area contributed by atoms with Crippen LogP contribution in [0.1, 0.15) is 41.3 Å². The number of ether oxygens (including phenoxy) is 1. The van der Waals surface area contributed by atoms with Gasteiger partial charge in [0, 0.05) is 31.1 Å². The molecule has 3 heterocycles. The maximum absolute atomic E-state index is 14.0. The Balaban J connectivity index is 1.41. The molecule has 0 unspecified atom stereocenters. The highest BCUT2D eigenvalue weighted by atomic mass is 19.4. The first-order chi connectivity index (χ1) is 14.5. The molecule has 1 saturated heterocycles. The van der Waals surface area contributed by atoms with Crippen LogP contribution in [0.3, 0.4) is 0 Å². The maximum Gasteiger partial charge on any atom is 0.420 e. The fraction of sp³-hybridized carbons (Fsp3) is 0.455. The summed E-state index contributed by atoms with van der Waals surface area (Å²) in [5.74, 6) is 1.23. The molecule has 1 saturated carbocycles. The van der Waals surface area contributed by atoms with Crippen LogP contribution in [0.5, 0.6) is 0 Å². The van der Waals surface area contributed by atoms with E-state index < -0.39 is 11.7 Å². The highest BCUT2D eigenvalue weighted by Gasteiger charge is 2.38. The summed E-state index contributed by atoms with van der Waals surface area (Å²) in [6.07, 6.45) is 0.0476. The number of alkyl halides is 3. The van der Waals surface area contributed by atoms with Crippen molar-refractivity contribution in [1.29, 1.82) is 0 Å². The van der Waals surface area contributed by atoms with Gasteiger partial charge in [0.1, 0.15) is 11.4 Å². The Labute approximate surface area is 172 Å². The highest BCUT2D eigenvalue weighted by molar-refractivity contribution is 5.53. The minimum Gasteiger partial charge on any atom is -0.379 e. The van der Waals surface area contributed by atoms with Crippen LogP contribution in [-0.4, -0.2) is 33.9 Å². The fourth-order valence-corrected chi connectivity index (χ4v) is 4.24. The van der Waals surface area contributed by atoms with Gasteiger partial charge in [-0.25, -0.2) is 0 Å². The zero-order valence-electron chi connectivity index (χ0n) is 16.4. The third-order valence-corrected chi connectivity index (χ3v) is 6.05. The summed E-state index contributed by atoms with van der Waals surface area (Å²) in [6.45, 7) is 1.12. The summed E-state index contributed by atoms with van der Waals surface area (Å²) >= 11 is 0. The zero-order chi connectivity index (χ0) is 20.7. The number of fused-ring (bicyclic) bond motifs is 1. The lowest BCUT2D eigenvalue weighted by Gasteiger charge is -2.21. The van der Waals surface area contributed by atoms with Crippen molar-refractivity contribution in [3.05, 3.63) is 65.1 Å². The van der Waals surface area contributed by atoms with Crippen molar-refractivity contribution in [3.8, 4) is 0 Å². The van der Waals surface area contributed by atoms with E-state index in [0.29, 0.717) is 31.4 Å². The minimum absolute atomic E-state index is 0.0481. The van der Waals surface area contributed by atoms with Gasteiger partial charge in [-0.15, -0.1) is 10.2 Å². The van der Waals surface area contributed by atoms with Crippen molar-refractivity contribution in [2.24, 2.45) is 5.92 Å². The van der Waals surface area contributed by atoms with E-state index in [4.69, 9.17) is 4.74 Å². The Hall–Kier alpha value is -2.45. The number of nitrogens with zero attached hydrogens (tertiary/aromatic N) is 3. The molecule has 5 rings (SSSR count). The summed E-state index contributed by atoms with van der Waals surface area (Å²) in [5.41, 5.74) is 0.488. The maximum atomic E-state index is 14.0. The second-order valence-corrected chi connectivity index (χ2v) is 8.21. The molecular formula is C22H23F3N4O. The van der Waals surface area contributed by atoms with E-state index in [-0.39, 0.29) is 29.7 Å². The van der Waals surface area contributed by atoms with Crippen LogP contribution in [0, 0.1) is 5.92 Å². The number of nitrogens with one attached hydrogen (secondary N) is 1. The molecule has 0 spiro atoms. The lowest BCUT2D eigenvalue weighted by molar-refractivity contribution is -0.137. The number of pyridine rings is 1. The molecule has 1 aromatic carbocycles. The Morgan fingerprint density at radius 2 is 1.87 bits per heavy atom. The molecule has 158 valence electrons. The van der Waals surface area contributed by atoms with Gasteiger partial charge in [0.2, 0.25) is 0 Å². The molecule has 0 amide bonds. The lowest BCUT2D eigenvalue weighted by atomic mass is 9.94. The normalized spacial score (nSPS) is 22.1. The molecule has 2 aliphatic rings. The quantitative estimate of drug-likeness (QED) is 0.661. The second kappa shape index (κ2) is 7.67. The molecule has 2 aromatic heterocycles. The van der Waals surface area contributed by atoms with E-state index in [0.717, 1.165) is 18.4 Å². The standard InChI is InChI=1S/C22H23F3N4O/c23-22(24,25)20-16(8-9-29-19(10-14-6-7-14)27-28-21(20)29)11-26-18-13-30-12-17(18)15-4-2-1-3-5-15/h1-5,8-9,14,17-18,26H,6-7,10-13H2/t17-,18-/m0/s1. The Morgan fingerprint density at radius 1 is 1.07 bits per heavy atom. The Morgan fingerprint density at radius 3 is 2.60 bits per heavy atom. The van der Waals surface area contributed by atoms with E-state index in [1.807, 2.05) is 30.3 Å². The van der Waals surface area contributed by atoms with Gasteiger partial charge < -0.3 is 10.1 Å². The molecule has 5 nitrogen and oxygen atoms in total. The average Bonchev–Trinajstić information content (AvgIpc) is 3.27. The molecule has 30 heavy (non-hydrogen) atoms. The van der Waals surface area contributed by atoms with Crippen molar-refractivity contribution >= 4 is 5.65 Å². The van der Waals surface area contributed by atoms with Gasteiger partial charge in [0.25, 0.3) is 0 Å². The second-order valence-electron chi connectivity index (χ2n) is 8.21. The Kier molecular flexibility index (Phi) is 4.99. The van der Waals surface area contributed by atoms with Gasteiger partial charge in [-0.3, -0.25) is 4.40 Å². The number of hydrogen-bond acceptors (Lipinski definition) is 4. The summed E-state index contributed by atoms with van der Waals surface area (Å²) in [6, 6.07) is 11.4. The number of rotatable bonds is 6. The van der Waals surface area contributed by atoms with Crippen LogP contribution in [0.2, 0.25) is 0 Å². The molecular weight excluding hydrogens is 393 g/mol. The van der Waals surface area contributed by atoms with E-state index in [1.165, 1.54) is 10.5 Å². The van der Waals surface area contributed by atoms with Crippen molar-refractivity contribution in [1.82, 2.24) is 19.9 Å². The number of aromatic nitrogens is 3. The van der Waals surface area contributed by atoms with E-state index in [9.17, 15) is 13.2 Å². The van der Waals surface area contributed by atoms with E-state index in [2.05, 4.69) is 15.5 Å². The number of benzene rings is 1. The van der Waals surface area contributed by atoms with E-state index in [1.54, 1.807) is 6.20 Å². The number of halogens is 3. The minimum atomic E-state index is -4.51. The third kappa shape index (κ3) is 3.81. The predicted molar refractivity (Wildman–Crippen MR) is 105 cm³/mol. The van der Waals surface area contributed by atoms with Gasteiger partial charge in [-0.1, -0.05) is 30.3 Å². The molecule has 0 radical (unpaired) electrons. The van der Waals surface area contributed by atoms with Crippen molar-refractivity contribution in [2.75, 3.05) is 13.2 Å². The molecule has 2 atom stereocenters. The largest absolute Gasteiger partial charge is 0.420 e. The average molecular weight is 416 g/mol. The molecule has 8 heteroatoms. The molecule has 3 aromatic rings. The lowest BCUT2D eigenvalue weighted by Crippen LogP contribution is -2.34. The zero-order valence-corrected chi connectivity index (χ0v) is 16.4. The SMILES string of the molecule is FC(F)(F)c1c(CN[C@H]2COC[C@H]2c2ccccc2)ccn2c(CC3CC3)nnc12. The third-order valence-electron chi connectivity index (χ3n) is 6.05. The van der Waals surface area contributed by atoms with Crippen molar-refractivity contribution in [3.63, 3.8) is 0 Å². The van der Waals surface area contributed by atoms with Crippen LogP contribution in [-0.2, 0) is 23.9 Å². The molecule has 1 aliphatic carbocycles. The van der Waals surface area contributed by atoms with Crippen LogP contribution in [0.4, 0.5) is 13.2 Å². The van der Waals surface area contributed by atoms with Crippen molar-refractivity contribution in [2.45, 2.75) is 43.9 Å². The number of hydrogen-bond donors (Lipinski definition) is 1. The molecule has 1 aliphatic heterocycles. The van der Waals surface area contributed by atoms with E-state index >= 15 is 0 Å². The van der Waals surface area contributed by atoms with Crippen LogP contribution in [0.15, 0.2) is 42.6 Å². The van der Waals surface area contributed by atoms with Crippen LogP contribution < -0.4 is 5.32 Å². The van der Waals surface area contributed by atoms with Gasteiger partial charge in [-0.2, -0.15) is 13.2 Å². The van der Waals surface area contributed by atoms with Gasteiger partial charge in [0.15, 0.2) is 5.65 Å². The molecule has 1 N–H and O–H groups in total. The first-order valence-corrected chi connectivity index (χ1v) is 10.3. The fourth-order valence-electron chi connectivity index (χ4n) is 4.24. The molecule has 0 bridgehead atoms. The monoisotopic (exact) mass is 416 g/mol. The smallest absolute Gasteiger partial charge is 0.379 e. The predicted octanol–water partition coefficient (Wildman–Crippen LogP) is 3.97. The van der Waals surface area contributed by atoms with Gasteiger partial charge in [-0.05, 0) is 36.0 Å². The summed E-state index contributed by atoms with van der Waals surface area (Å²) in [4.78, 5) is 0. The first kappa shape index (κ1) is 19.5. The summed E-state index contributed by atoms with van der Waals surface area (Å²) in [7, 11) is 0. The molecule has 2 fully saturated rings. The van der Waals surface area contributed by atoms with Gasteiger partial charge >= 0.3 is 6.18 Å². The highest BCUT2D eigenvalue weighted by Crippen LogP contribution is 2.37. The summed E-state index contributed by atoms with van der Waals surface area (Å²) in [5, 5.41) is 11.3. The van der Waals surface area contributed by atoms with Crippen molar-refractivity contribution < 1.29 is 17.9 Å². The topological polar surface area (TPSA) is 51.5 Å². The summed E-state index contributed by atoms with van der Waals surface area (Å²) < 4.78 is 49.0.